The standard InChI is InChI=1S/C20H15N5O2S/c26-18(10-11-19-21-14-8-4-5-9-17(14)28-19)24-25-20(27)16-12-15(22-23-16)13-6-2-1-3-7-13/h1-12H,(H,22,23)(H,24,26)(H,25,27)/b11-10+. The van der Waals surface area contributed by atoms with Crippen molar-refractivity contribution in [2.75, 3.05) is 0 Å². The summed E-state index contributed by atoms with van der Waals surface area (Å²) in [5.74, 6) is -0.952. The van der Waals surface area contributed by atoms with Gasteiger partial charge in [-0.15, -0.1) is 11.3 Å². The Morgan fingerprint density at radius 3 is 2.61 bits per heavy atom. The highest BCUT2D eigenvalue weighted by Gasteiger charge is 2.11. The molecule has 2 heterocycles. The smallest absolute Gasteiger partial charge is 0.272 e. The molecule has 28 heavy (non-hydrogen) atoms. The van der Waals surface area contributed by atoms with E-state index in [4.69, 9.17) is 0 Å². The minimum absolute atomic E-state index is 0.245. The quantitative estimate of drug-likeness (QED) is 0.369. The predicted octanol–water partition coefficient (Wildman–Crippen LogP) is 3.16. The maximum Gasteiger partial charge on any atom is 0.287 e. The van der Waals surface area contributed by atoms with E-state index in [2.05, 4.69) is 26.0 Å². The van der Waals surface area contributed by atoms with Gasteiger partial charge in [0.05, 0.1) is 15.9 Å². The number of aromatic nitrogens is 3. The largest absolute Gasteiger partial charge is 0.287 e. The normalized spacial score (nSPS) is 11.0. The van der Waals surface area contributed by atoms with Crippen molar-refractivity contribution in [3.8, 4) is 11.3 Å². The number of carbonyl (C=O) groups is 2. The molecular weight excluding hydrogens is 374 g/mol. The van der Waals surface area contributed by atoms with Crippen LogP contribution in [0.2, 0.25) is 0 Å². The van der Waals surface area contributed by atoms with E-state index in [1.54, 1.807) is 12.1 Å². The number of H-pyrrole nitrogens is 1. The van der Waals surface area contributed by atoms with Crippen LogP contribution in [0.4, 0.5) is 0 Å². The molecule has 138 valence electrons. The zero-order chi connectivity index (χ0) is 19.3. The molecule has 0 aliphatic carbocycles. The summed E-state index contributed by atoms with van der Waals surface area (Å²) >= 11 is 1.48. The summed E-state index contributed by atoms with van der Waals surface area (Å²) in [4.78, 5) is 28.5. The summed E-state index contributed by atoms with van der Waals surface area (Å²) in [6.07, 6.45) is 2.93. The first-order valence-electron chi connectivity index (χ1n) is 8.44. The highest BCUT2D eigenvalue weighted by molar-refractivity contribution is 7.19. The van der Waals surface area contributed by atoms with Crippen molar-refractivity contribution in [2.45, 2.75) is 0 Å². The number of aromatic amines is 1. The summed E-state index contributed by atoms with van der Waals surface area (Å²) in [6.45, 7) is 0. The van der Waals surface area contributed by atoms with Crippen molar-refractivity contribution in [3.05, 3.63) is 77.4 Å². The fourth-order valence-electron chi connectivity index (χ4n) is 2.53. The average molecular weight is 389 g/mol. The number of rotatable bonds is 4. The van der Waals surface area contributed by atoms with Crippen molar-refractivity contribution >= 4 is 39.4 Å². The van der Waals surface area contributed by atoms with E-state index in [-0.39, 0.29) is 5.69 Å². The fraction of sp³-hybridized carbons (Fsp3) is 0. The molecule has 3 N–H and O–H groups in total. The number of hydrazine groups is 1. The van der Waals surface area contributed by atoms with Crippen LogP contribution in [0.15, 0.2) is 66.7 Å². The van der Waals surface area contributed by atoms with E-state index in [0.717, 1.165) is 15.8 Å². The van der Waals surface area contributed by atoms with Crippen LogP contribution in [0, 0.1) is 0 Å². The molecular formula is C20H15N5O2S. The van der Waals surface area contributed by atoms with Gasteiger partial charge in [-0.05, 0) is 24.3 Å². The van der Waals surface area contributed by atoms with Crippen molar-refractivity contribution in [2.24, 2.45) is 0 Å². The van der Waals surface area contributed by atoms with Gasteiger partial charge < -0.3 is 0 Å². The van der Waals surface area contributed by atoms with Crippen LogP contribution in [0.5, 0.6) is 0 Å². The molecule has 0 saturated heterocycles. The molecule has 0 unspecified atom stereocenters. The number of amides is 2. The van der Waals surface area contributed by atoms with Gasteiger partial charge in [0, 0.05) is 11.6 Å². The number of nitrogens with zero attached hydrogens (tertiary/aromatic N) is 2. The lowest BCUT2D eigenvalue weighted by molar-refractivity contribution is -0.117. The lowest BCUT2D eigenvalue weighted by Gasteiger charge is -2.02. The monoisotopic (exact) mass is 389 g/mol. The van der Waals surface area contributed by atoms with Crippen molar-refractivity contribution < 1.29 is 9.59 Å². The molecule has 0 radical (unpaired) electrons. The van der Waals surface area contributed by atoms with E-state index in [1.807, 2.05) is 54.6 Å². The molecule has 4 rings (SSSR count). The van der Waals surface area contributed by atoms with Gasteiger partial charge in [-0.3, -0.25) is 25.5 Å². The highest BCUT2D eigenvalue weighted by atomic mass is 32.1. The topological polar surface area (TPSA) is 99.8 Å². The first-order valence-corrected chi connectivity index (χ1v) is 9.25. The second-order valence-corrected chi connectivity index (χ2v) is 6.89. The Balaban J connectivity index is 1.34. The summed E-state index contributed by atoms with van der Waals surface area (Å²) in [6, 6.07) is 18.8. The zero-order valence-electron chi connectivity index (χ0n) is 14.5. The van der Waals surface area contributed by atoms with Gasteiger partial charge in [-0.2, -0.15) is 5.10 Å². The number of fused-ring (bicyclic) bond motifs is 1. The molecule has 2 amide bonds. The molecule has 0 aliphatic rings. The van der Waals surface area contributed by atoms with Crippen LogP contribution in [-0.4, -0.2) is 27.0 Å². The van der Waals surface area contributed by atoms with Crippen molar-refractivity contribution in [1.29, 1.82) is 0 Å². The predicted molar refractivity (Wildman–Crippen MR) is 108 cm³/mol. The van der Waals surface area contributed by atoms with Gasteiger partial charge in [0.25, 0.3) is 11.8 Å². The molecule has 7 nitrogen and oxygen atoms in total. The molecule has 0 aliphatic heterocycles. The first kappa shape index (κ1) is 17.6. The summed E-state index contributed by atoms with van der Waals surface area (Å²) < 4.78 is 1.05. The molecule has 4 aromatic rings. The van der Waals surface area contributed by atoms with Crippen LogP contribution in [-0.2, 0) is 4.79 Å². The summed E-state index contributed by atoms with van der Waals surface area (Å²) in [5.41, 5.74) is 7.35. The van der Waals surface area contributed by atoms with Gasteiger partial charge in [-0.25, -0.2) is 4.98 Å². The molecule has 0 atom stereocenters. The van der Waals surface area contributed by atoms with Crippen LogP contribution < -0.4 is 10.9 Å². The summed E-state index contributed by atoms with van der Waals surface area (Å²) in [5, 5.41) is 7.48. The number of thiazole rings is 1. The Morgan fingerprint density at radius 2 is 1.79 bits per heavy atom. The SMILES string of the molecule is O=C(/C=C/c1nc2ccccc2s1)NNC(=O)c1cc(-c2ccccc2)n[nH]1. The zero-order valence-corrected chi connectivity index (χ0v) is 15.4. The van der Waals surface area contributed by atoms with Gasteiger partial charge >= 0.3 is 0 Å². The maximum atomic E-state index is 12.2. The van der Waals surface area contributed by atoms with E-state index in [9.17, 15) is 9.59 Å². The fourth-order valence-corrected chi connectivity index (χ4v) is 3.40. The molecule has 0 bridgehead atoms. The van der Waals surface area contributed by atoms with Crippen LogP contribution >= 0.6 is 11.3 Å². The minimum atomic E-state index is -0.489. The second kappa shape index (κ2) is 7.85. The van der Waals surface area contributed by atoms with Gasteiger partial charge in [0.1, 0.15) is 10.7 Å². The van der Waals surface area contributed by atoms with E-state index >= 15 is 0 Å². The van der Waals surface area contributed by atoms with E-state index in [0.29, 0.717) is 10.7 Å². The van der Waals surface area contributed by atoms with Crippen molar-refractivity contribution in [1.82, 2.24) is 26.0 Å². The number of hydrogen-bond acceptors (Lipinski definition) is 5. The molecule has 2 aromatic heterocycles. The molecule has 8 heteroatoms. The third kappa shape index (κ3) is 3.97. The highest BCUT2D eigenvalue weighted by Crippen LogP contribution is 2.22. The third-order valence-corrected chi connectivity index (χ3v) is 4.88. The molecule has 0 saturated carbocycles. The Hall–Kier alpha value is -3.78. The first-order chi connectivity index (χ1) is 13.7. The van der Waals surface area contributed by atoms with Crippen molar-refractivity contribution in [3.63, 3.8) is 0 Å². The minimum Gasteiger partial charge on any atom is -0.272 e. The van der Waals surface area contributed by atoms with E-state index < -0.39 is 11.8 Å². The molecule has 0 fully saturated rings. The molecule has 2 aromatic carbocycles. The second-order valence-electron chi connectivity index (χ2n) is 5.83. The number of hydrogen-bond donors (Lipinski definition) is 3. The van der Waals surface area contributed by atoms with Crippen LogP contribution in [0.1, 0.15) is 15.5 Å². The summed E-state index contributed by atoms with van der Waals surface area (Å²) in [7, 11) is 0. The average Bonchev–Trinajstić information content (AvgIpc) is 3.38. The van der Waals surface area contributed by atoms with E-state index in [1.165, 1.54) is 17.4 Å². The number of para-hydroxylation sites is 1. The van der Waals surface area contributed by atoms with Gasteiger partial charge in [0.15, 0.2) is 0 Å². The Morgan fingerprint density at radius 1 is 1.00 bits per heavy atom. The third-order valence-electron chi connectivity index (χ3n) is 3.88. The molecule has 0 spiro atoms. The van der Waals surface area contributed by atoms with Gasteiger partial charge in [0.2, 0.25) is 0 Å². The van der Waals surface area contributed by atoms with Crippen LogP contribution in [0.25, 0.3) is 27.6 Å². The Labute approximate surface area is 164 Å². The number of carbonyl (C=O) groups excluding carboxylic acids is 2. The number of nitrogens with one attached hydrogen (secondary N) is 3. The van der Waals surface area contributed by atoms with Gasteiger partial charge in [-0.1, -0.05) is 42.5 Å². The Kier molecular flexibility index (Phi) is 4.94. The lowest BCUT2D eigenvalue weighted by Crippen LogP contribution is -2.40. The maximum absolute atomic E-state index is 12.2. The Bertz CT molecular complexity index is 1130. The number of benzene rings is 2. The van der Waals surface area contributed by atoms with Crippen LogP contribution in [0.3, 0.4) is 0 Å². The lowest BCUT2D eigenvalue weighted by atomic mass is 10.1.